The van der Waals surface area contributed by atoms with E-state index in [-0.39, 0.29) is 30.2 Å². The van der Waals surface area contributed by atoms with E-state index in [4.69, 9.17) is 20.6 Å². The first-order valence-electron chi connectivity index (χ1n) is 14.6. The number of nitrogens with two attached hydrogens (primary N) is 2. The van der Waals surface area contributed by atoms with Gasteiger partial charge in [-0.05, 0) is 42.7 Å². The number of aromatic nitrogens is 2. The summed E-state index contributed by atoms with van der Waals surface area (Å²) >= 11 is 0. The summed E-state index contributed by atoms with van der Waals surface area (Å²) in [6.45, 7) is -0.0306. The van der Waals surface area contributed by atoms with Gasteiger partial charge in [-0.15, -0.1) is 0 Å². The lowest BCUT2D eigenvalue weighted by atomic mass is 9.85. The number of piperidine rings is 1. The highest BCUT2D eigenvalue weighted by molar-refractivity contribution is 5.89. The highest BCUT2D eigenvalue weighted by Gasteiger charge is 2.47. The van der Waals surface area contributed by atoms with Crippen molar-refractivity contribution in [3.63, 3.8) is 0 Å². The minimum Gasteiger partial charge on any atom is -0.455 e. The molecule has 4 heterocycles. The third kappa shape index (κ3) is 5.79. The number of benzene rings is 2. The standard InChI is InChI=1S/C32H31F4N5O5/c33-23-8-4-7-22(32(34,35)36)21(23)16-40-25-18-45-31(11-13-39(14-12-31)15-20-9-10-26(46-20)28(38)42)27(25)29(43)41(30(40)44)17-24(37)19-5-2-1-3-6-19/h1-10,24H,11-18,37H2,(H2,38,42)/t24-/m0/s1. The van der Waals surface area contributed by atoms with Crippen molar-refractivity contribution in [2.24, 2.45) is 11.5 Å². The van der Waals surface area contributed by atoms with Gasteiger partial charge in [-0.25, -0.2) is 9.18 Å². The summed E-state index contributed by atoms with van der Waals surface area (Å²) in [4.78, 5) is 41.5. The van der Waals surface area contributed by atoms with Crippen LogP contribution in [0.2, 0.25) is 0 Å². The highest BCUT2D eigenvalue weighted by Crippen LogP contribution is 2.43. The monoisotopic (exact) mass is 641 g/mol. The fraction of sp³-hybridized carbons (Fsp3) is 0.344. The topological polar surface area (TPSA) is 139 Å². The predicted octanol–water partition coefficient (Wildman–Crippen LogP) is 3.63. The average molecular weight is 642 g/mol. The van der Waals surface area contributed by atoms with E-state index in [1.165, 1.54) is 6.07 Å². The molecule has 0 aliphatic carbocycles. The fourth-order valence-electron chi connectivity index (χ4n) is 6.38. The SMILES string of the molecule is NC(=O)c1ccc(CN2CCC3(CC2)OCc2c3c(=O)n(C[C@H](N)c3ccccc3)c(=O)n2Cc2c(F)cccc2C(F)(F)F)o1. The lowest BCUT2D eigenvalue weighted by Crippen LogP contribution is -2.49. The summed E-state index contributed by atoms with van der Waals surface area (Å²) in [7, 11) is 0. The molecule has 4 N–H and O–H groups in total. The quantitative estimate of drug-likeness (QED) is 0.280. The number of halogens is 4. The van der Waals surface area contributed by atoms with Gasteiger partial charge in [0, 0.05) is 24.7 Å². The largest absolute Gasteiger partial charge is 0.455 e. The van der Waals surface area contributed by atoms with Crippen LogP contribution in [0, 0.1) is 5.82 Å². The molecule has 1 atom stereocenters. The van der Waals surface area contributed by atoms with Crippen LogP contribution in [-0.4, -0.2) is 33.0 Å². The molecule has 2 aliphatic heterocycles. The molecule has 1 saturated heterocycles. The van der Waals surface area contributed by atoms with E-state index in [1.807, 2.05) is 4.90 Å². The van der Waals surface area contributed by atoms with Gasteiger partial charge in [0.25, 0.3) is 11.5 Å². The number of hydrogen-bond acceptors (Lipinski definition) is 7. The molecule has 242 valence electrons. The Labute approximate surface area is 259 Å². The van der Waals surface area contributed by atoms with E-state index in [0.717, 1.165) is 27.3 Å². The number of hydrogen-bond donors (Lipinski definition) is 2. The van der Waals surface area contributed by atoms with Crippen molar-refractivity contribution in [3.05, 3.63) is 127 Å². The number of carbonyl (C=O) groups excluding carboxylic acids is 1. The summed E-state index contributed by atoms with van der Waals surface area (Å²) in [6.07, 6.45) is -4.25. The Morgan fingerprint density at radius 3 is 2.33 bits per heavy atom. The van der Waals surface area contributed by atoms with E-state index >= 15 is 4.39 Å². The minimum atomic E-state index is -4.88. The molecular formula is C32H31F4N5O5. The second kappa shape index (κ2) is 12.0. The molecule has 1 amide bonds. The second-order valence-electron chi connectivity index (χ2n) is 11.6. The Kier molecular flexibility index (Phi) is 8.21. The Hall–Kier alpha value is -4.53. The number of primary amides is 1. The van der Waals surface area contributed by atoms with Crippen LogP contribution in [-0.2, 0) is 42.8 Å². The number of carbonyl (C=O) groups is 1. The Bertz CT molecular complexity index is 1890. The van der Waals surface area contributed by atoms with E-state index in [9.17, 15) is 27.6 Å². The summed E-state index contributed by atoms with van der Waals surface area (Å²) in [5.41, 5.74) is 7.97. The van der Waals surface area contributed by atoms with Crippen molar-refractivity contribution < 1.29 is 31.5 Å². The number of rotatable bonds is 8. The summed E-state index contributed by atoms with van der Waals surface area (Å²) in [5.74, 6) is -1.26. The Morgan fingerprint density at radius 2 is 1.67 bits per heavy atom. The first kappa shape index (κ1) is 31.5. The van der Waals surface area contributed by atoms with Gasteiger partial charge in [-0.3, -0.25) is 23.6 Å². The summed E-state index contributed by atoms with van der Waals surface area (Å²) in [5, 5.41) is 0. The zero-order valence-corrected chi connectivity index (χ0v) is 24.6. The zero-order valence-electron chi connectivity index (χ0n) is 24.6. The van der Waals surface area contributed by atoms with Crippen molar-refractivity contribution >= 4 is 5.91 Å². The van der Waals surface area contributed by atoms with Gasteiger partial charge in [0.05, 0.1) is 43.1 Å². The molecule has 14 heteroatoms. The molecule has 1 fully saturated rings. The van der Waals surface area contributed by atoms with Gasteiger partial charge < -0.3 is 20.6 Å². The fourth-order valence-corrected chi connectivity index (χ4v) is 6.38. The van der Waals surface area contributed by atoms with Crippen molar-refractivity contribution in [2.75, 3.05) is 13.1 Å². The van der Waals surface area contributed by atoms with E-state index < -0.39 is 58.5 Å². The van der Waals surface area contributed by atoms with Gasteiger partial charge in [-0.2, -0.15) is 13.2 Å². The number of amides is 1. The molecule has 0 unspecified atom stereocenters. The van der Waals surface area contributed by atoms with Gasteiger partial charge in [0.2, 0.25) is 0 Å². The Balaban J connectivity index is 1.40. The lowest BCUT2D eigenvalue weighted by molar-refractivity contribution is -0.138. The molecule has 4 aromatic rings. The van der Waals surface area contributed by atoms with Crippen LogP contribution >= 0.6 is 0 Å². The normalized spacial score (nSPS) is 16.9. The van der Waals surface area contributed by atoms with Crippen molar-refractivity contribution in [3.8, 4) is 0 Å². The highest BCUT2D eigenvalue weighted by atomic mass is 19.4. The molecule has 0 bridgehead atoms. The van der Waals surface area contributed by atoms with Crippen molar-refractivity contribution in [2.45, 2.75) is 56.9 Å². The maximum absolute atomic E-state index is 15.0. The average Bonchev–Trinajstić information content (AvgIpc) is 3.64. The Morgan fingerprint density at radius 1 is 0.957 bits per heavy atom. The number of ether oxygens (including phenoxy) is 1. The molecule has 10 nitrogen and oxygen atoms in total. The van der Waals surface area contributed by atoms with Crippen LogP contribution in [0.5, 0.6) is 0 Å². The molecular weight excluding hydrogens is 610 g/mol. The minimum absolute atomic E-state index is 0.0345. The lowest BCUT2D eigenvalue weighted by Gasteiger charge is -2.38. The van der Waals surface area contributed by atoms with Crippen LogP contribution in [0.4, 0.5) is 17.6 Å². The molecule has 2 aromatic carbocycles. The molecule has 46 heavy (non-hydrogen) atoms. The van der Waals surface area contributed by atoms with Gasteiger partial charge >= 0.3 is 11.9 Å². The molecule has 2 aliphatic rings. The summed E-state index contributed by atoms with van der Waals surface area (Å²) in [6, 6.07) is 13.7. The van der Waals surface area contributed by atoms with Crippen LogP contribution in [0.1, 0.15) is 63.1 Å². The molecule has 0 radical (unpaired) electrons. The third-order valence-corrected chi connectivity index (χ3v) is 8.77. The van der Waals surface area contributed by atoms with Gasteiger partial charge in [0.15, 0.2) is 5.76 Å². The number of nitrogens with zero attached hydrogens (tertiary/aromatic N) is 3. The van der Waals surface area contributed by atoms with Crippen molar-refractivity contribution in [1.82, 2.24) is 14.0 Å². The first-order chi connectivity index (χ1) is 21.9. The molecule has 2 aromatic heterocycles. The van der Waals surface area contributed by atoms with Gasteiger partial charge in [0.1, 0.15) is 17.2 Å². The smallest absolute Gasteiger partial charge is 0.416 e. The molecule has 1 spiro atoms. The van der Waals surface area contributed by atoms with Crippen LogP contribution in [0.15, 0.2) is 74.7 Å². The van der Waals surface area contributed by atoms with E-state index in [1.54, 1.807) is 36.4 Å². The number of fused-ring (bicyclic) bond motifs is 2. The van der Waals surface area contributed by atoms with Gasteiger partial charge in [-0.1, -0.05) is 36.4 Å². The van der Waals surface area contributed by atoms with E-state index in [2.05, 4.69) is 0 Å². The molecule has 6 rings (SSSR count). The van der Waals surface area contributed by atoms with E-state index in [0.29, 0.717) is 43.8 Å². The number of alkyl halides is 3. The summed E-state index contributed by atoms with van der Waals surface area (Å²) < 4.78 is 70.5. The maximum atomic E-state index is 15.0. The zero-order chi connectivity index (χ0) is 32.8. The van der Waals surface area contributed by atoms with Crippen LogP contribution < -0.4 is 22.7 Å². The second-order valence-corrected chi connectivity index (χ2v) is 11.6. The first-order valence-corrected chi connectivity index (χ1v) is 14.6. The van der Waals surface area contributed by atoms with Crippen LogP contribution in [0.3, 0.4) is 0 Å². The third-order valence-electron chi connectivity index (χ3n) is 8.77. The number of likely N-dealkylation sites (tertiary alicyclic amines) is 1. The molecule has 0 saturated carbocycles. The number of furan rings is 1. The maximum Gasteiger partial charge on any atom is 0.416 e. The van der Waals surface area contributed by atoms with Crippen LogP contribution in [0.25, 0.3) is 0 Å². The predicted molar refractivity (Wildman–Crippen MR) is 157 cm³/mol. The van der Waals surface area contributed by atoms with Crippen molar-refractivity contribution in [1.29, 1.82) is 0 Å².